The molecular weight excluding hydrogens is 304 g/mol. The van der Waals surface area contributed by atoms with Crippen LogP contribution in [0.5, 0.6) is 11.5 Å². The predicted molar refractivity (Wildman–Crippen MR) is 90.7 cm³/mol. The van der Waals surface area contributed by atoms with Gasteiger partial charge in [0.05, 0.1) is 0 Å². The second-order valence-electron chi connectivity index (χ2n) is 5.02. The molecule has 0 unspecified atom stereocenters. The summed E-state index contributed by atoms with van der Waals surface area (Å²) in [6.45, 7) is 4.07. The zero-order valence-corrected chi connectivity index (χ0v) is 13.7. The fraction of sp³-hybridized carbons (Fsp3) is 0.200. The molecule has 2 aromatic rings. The Morgan fingerprint density at radius 3 is 1.33 bits per heavy atom. The third kappa shape index (κ3) is 5.29. The van der Waals surface area contributed by atoms with E-state index in [9.17, 15) is 9.59 Å². The van der Waals surface area contributed by atoms with Crippen molar-refractivity contribution < 1.29 is 19.1 Å². The summed E-state index contributed by atoms with van der Waals surface area (Å²) >= 11 is 0. The second kappa shape index (κ2) is 8.54. The number of esters is 2. The fourth-order valence-corrected chi connectivity index (χ4v) is 1.95. The van der Waals surface area contributed by atoms with Crippen LogP contribution in [0.1, 0.15) is 25.0 Å². The van der Waals surface area contributed by atoms with Crippen molar-refractivity contribution in [3.05, 3.63) is 59.7 Å². The zero-order valence-electron chi connectivity index (χ0n) is 13.7. The topological polar surface area (TPSA) is 52.6 Å². The summed E-state index contributed by atoms with van der Waals surface area (Å²) in [7, 11) is 0. The third-order valence-corrected chi connectivity index (χ3v) is 3.35. The second-order valence-corrected chi connectivity index (χ2v) is 5.02. The fourth-order valence-electron chi connectivity index (χ4n) is 1.95. The molecule has 24 heavy (non-hydrogen) atoms. The number of rotatable bonds is 4. The minimum absolute atomic E-state index is 0.384. The van der Waals surface area contributed by atoms with Gasteiger partial charge in [-0.1, -0.05) is 38.1 Å². The lowest BCUT2D eigenvalue weighted by Crippen LogP contribution is -2.08. The molecule has 4 heteroatoms. The van der Waals surface area contributed by atoms with Gasteiger partial charge >= 0.3 is 11.9 Å². The molecule has 0 N–H and O–H groups in total. The Bertz CT molecular complexity index is 697. The van der Waals surface area contributed by atoms with Crippen LogP contribution in [0.25, 0.3) is 0 Å². The van der Waals surface area contributed by atoms with Gasteiger partial charge in [0.2, 0.25) is 0 Å². The first-order chi connectivity index (χ1) is 11.6. The van der Waals surface area contributed by atoms with Gasteiger partial charge in [-0.15, -0.1) is 0 Å². The van der Waals surface area contributed by atoms with Crippen LogP contribution in [0.2, 0.25) is 0 Å². The van der Waals surface area contributed by atoms with Crippen molar-refractivity contribution in [3.8, 4) is 23.3 Å². The van der Waals surface area contributed by atoms with Gasteiger partial charge in [-0.05, 0) is 48.2 Å². The van der Waals surface area contributed by atoms with E-state index in [-0.39, 0.29) is 0 Å². The van der Waals surface area contributed by atoms with E-state index in [0.717, 1.165) is 24.0 Å². The van der Waals surface area contributed by atoms with E-state index in [4.69, 9.17) is 9.47 Å². The molecule has 0 bridgehead atoms. The Kier molecular flexibility index (Phi) is 6.16. The molecule has 0 saturated heterocycles. The average Bonchev–Trinajstić information content (AvgIpc) is 2.61. The Labute approximate surface area is 141 Å². The minimum Gasteiger partial charge on any atom is -0.417 e. The summed E-state index contributed by atoms with van der Waals surface area (Å²) in [5, 5.41) is 0. The van der Waals surface area contributed by atoms with E-state index in [1.807, 2.05) is 38.1 Å². The number of hydrogen-bond acceptors (Lipinski definition) is 4. The van der Waals surface area contributed by atoms with Gasteiger partial charge in [-0.2, -0.15) is 0 Å². The van der Waals surface area contributed by atoms with E-state index in [1.165, 1.54) is 0 Å². The largest absolute Gasteiger partial charge is 0.417 e. The number of aryl methyl sites for hydroxylation is 2. The maximum atomic E-state index is 11.6. The predicted octanol–water partition coefficient (Wildman–Crippen LogP) is 3.33. The van der Waals surface area contributed by atoms with Crippen molar-refractivity contribution in [2.24, 2.45) is 0 Å². The molecule has 0 aliphatic rings. The number of ether oxygens (including phenoxy) is 2. The van der Waals surface area contributed by atoms with Crippen LogP contribution in [0.3, 0.4) is 0 Å². The van der Waals surface area contributed by atoms with Gasteiger partial charge in [-0.25, -0.2) is 9.59 Å². The molecule has 0 aliphatic carbocycles. The Hall–Kier alpha value is -3.06. The van der Waals surface area contributed by atoms with E-state index in [1.54, 1.807) is 24.3 Å². The highest BCUT2D eigenvalue weighted by Crippen LogP contribution is 2.13. The van der Waals surface area contributed by atoms with E-state index in [2.05, 4.69) is 11.8 Å². The van der Waals surface area contributed by atoms with E-state index in [0.29, 0.717) is 11.5 Å². The van der Waals surface area contributed by atoms with Crippen molar-refractivity contribution in [1.82, 2.24) is 0 Å². The monoisotopic (exact) mass is 322 g/mol. The summed E-state index contributed by atoms with van der Waals surface area (Å²) in [6.07, 6.45) is 1.80. The molecule has 2 rings (SSSR count). The van der Waals surface area contributed by atoms with Gasteiger partial charge in [0.1, 0.15) is 11.5 Å². The van der Waals surface area contributed by atoms with Gasteiger partial charge in [-0.3, -0.25) is 0 Å². The molecule has 2 aromatic carbocycles. The van der Waals surface area contributed by atoms with Crippen LogP contribution in [-0.2, 0) is 22.4 Å². The maximum absolute atomic E-state index is 11.6. The first kappa shape index (κ1) is 17.3. The van der Waals surface area contributed by atoms with Crippen LogP contribution < -0.4 is 9.47 Å². The molecule has 0 amide bonds. The van der Waals surface area contributed by atoms with Crippen LogP contribution in [-0.4, -0.2) is 11.9 Å². The number of benzene rings is 2. The van der Waals surface area contributed by atoms with Gasteiger partial charge in [0.15, 0.2) is 0 Å². The highest BCUT2D eigenvalue weighted by Gasteiger charge is 2.04. The van der Waals surface area contributed by atoms with Crippen molar-refractivity contribution in [2.75, 3.05) is 0 Å². The molecular formula is C20H18O4. The first-order valence-corrected chi connectivity index (χ1v) is 7.74. The standard InChI is InChI=1S/C20H18O4/c1-3-15-5-9-17(10-6-15)23-19(21)13-14-20(22)24-18-11-7-16(4-2)8-12-18/h5-12H,3-4H2,1-2H3. The highest BCUT2D eigenvalue weighted by molar-refractivity contribution is 5.99. The van der Waals surface area contributed by atoms with Crippen molar-refractivity contribution in [1.29, 1.82) is 0 Å². The summed E-state index contributed by atoms with van der Waals surface area (Å²) in [5.41, 5.74) is 2.28. The minimum atomic E-state index is -0.808. The Morgan fingerprint density at radius 2 is 1.04 bits per heavy atom. The average molecular weight is 322 g/mol. The molecule has 122 valence electrons. The maximum Gasteiger partial charge on any atom is 0.390 e. The van der Waals surface area contributed by atoms with Gasteiger partial charge < -0.3 is 9.47 Å². The van der Waals surface area contributed by atoms with Crippen LogP contribution >= 0.6 is 0 Å². The van der Waals surface area contributed by atoms with Crippen molar-refractivity contribution in [2.45, 2.75) is 26.7 Å². The SMILES string of the molecule is CCc1ccc(OC(=O)C#CC(=O)Oc2ccc(CC)cc2)cc1. The lowest BCUT2D eigenvalue weighted by Gasteiger charge is -2.01. The molecule has 4 nitrogen and oxygen atoms in total. The van der Waals surface area contributed by atoms with Crippen LogP contribution in [0.4, 0.5) is 0 Å². The molecule has 0 aliphatic heterocycles. The van der Waals surface area contributed by atoms with Crippen LogP contribution in [0.15, 0.2) is 48.5 Å². The first-order valence-electron chi connectivity index (χ1n) is 7.74. The summed E-state index contributed by atoms with van der Waals surface area (Å²) in [5.74, 6) is 3.39. The number of carbonyl (C=O) groups is 2. The molecule has 0 fully saturated rings. The molecule has 0 saturated carbocycles. The molecule has 0 atom stereocenters. The lowest BCUT2D eigenvalue weighted by molar-refractivity contribution is -0.130. The van der Waals surface area contributed by atoms with Crippen molar-refractivity contribution >= 4 is 11.9 Å². The lowest BCUT2D eigenvalue weighted by atomic mass is 10.2. The molecule has 0 spiro atoms. The third-order valence-electron chi connectivity index (χ3n) is 3.35. The van der Waals surface area contributed by atoms with E-state index < -0.39 is 11.9 Å². The Balaban J connectivity index is 1.89. The van der Waals surface area contributed by atoms with E-state index >= 15 is 0 Å². The Morgan fingerprint density at radius 1 is 0.708 bits per heavy atom. The highest BCUT2D eigenvalue weighted by atomic mass is 16.5. The molecule has 0 heterocycles. The van der Waals surface area contributed by atoms with Crippen LogP contribution in [0, 0.1) is 11.8 Å². The van der Waals surface area contributed by atoms with Gasteiger partial charge in [0, 0.05) is 11.8 Å². The molecule has 0 radical (unpaired) electrons. The molecule has 0 aromatic heterocycles. The number of carbonyl (C=O) groups excluding carboxylic acids is 2. The van der Waals surface area contributed by atoms with Crippen molar-refractivity contribution in [3.63, 3.8) is 0 Å². The normalized spacial score (nSPS) is 9.58. The summed E-state index contributed by atoms with van der Waals surface area (Å²) in [4.78, 5) is 23.2. The quantitative estimate of drug-likeness (QED) is 0.375. The summed E-state index contributed by atoms with van der Waals surface area (Å²) < 4.78 is 10.0. The smallest absolute Gasteiger partial charge is 0.390 e. The van der Waals surface area contributed by atoms with Gasteiger partial charge in [0.25, 0.3) is 0 Å². The zero-order chi connectivity index (χ0) is 17.4. The number of hydrogen-bond donors (Lipinski definition) is 0. The summed E-state index contributed by atoms with van der Waals surface area (Å²) in [6, 6.07) is 14.2.